The van der Waals surface area contributed by atoms with Crippen LogP contribution in [-0.2, 0) is 0 Å². The molecule has 0 heterocycles. The SMILES string of the molecule is CC(C)C1CCC(C(CN)C(F)F)CC1. The highest BCUT2D eigenvalue weighted by molar-refractivity contribution is 4.80. The molecule has 1 rings (SSSR count). The van der Waals surface area contributed by atoms with Gasteiger partial charge in [0, 0.05) is 12.5 Å². The zero-order valence-electron chi connectivity index (χ0n) is 9.76. The maximum absolute atomic E-state index is 12.7. The Morgan fingerprint density at radius 1 is 1.07 bits per heavy atom. The van der Waals surface area contributed by atoms with Crippen molar-refractivity contribution >= 4 is 0 Å². The van der Waals surface area contributed by atoms with Gasteiger partial charge in [0.25, 0.3) is 0 Å². The molecule has 2 N–H and O–H groups in total. The Bertz CT molecular complexity index is 174. The molecule has 0 amide bonds. The third-order valence-corrected chi connectivity index (χ3v) is 3.96. The van der Waals surface area contributed by atoms with E-state index in [1.54, 1.807) is 0 Å². The van der Waals surface area contributed by atoms with Gasteiger partial charge >= 0.3 is 0 Å². The predicted octanol–water partition coefficient (Wildman–Crippen LogP) is 3.29. The number of alkyl halides is 2. The minimum atomic E-state index is -2.24. The maximum Gasteiger partial charge on any atom is 0.242 e. The van der Waals surface area contributed by atoms with E-state index < -0.39 is 12.3 Å². The molecule has 0 aromatic rings. The lowest BCUT2D eigenvalue weighted by Gasteiger charge is -2.34. The average molecular weight is 219 g/mol. The van der Waals surface area contributed by atoms with Crippen LogP contribution >= 0.6 is 0 Å². The summed E-state index contributed by atoms with van der Waals surface area (Å²) >= 11 is 0. The Morgan fingerprint density at radius 2 is 1.53 bits per heavy atom. The average Bonchev–Trinajstić information content (AvgIpc) is 2.19. The van der Waals surface area contributed by atoms with Gasteiger partial charge in [0.05, 0.1) is 0 Å². The molecule has 1 nitrogen and oxygen atoms in total. The standard InChI is InChI=1S/C12H23F2N/c1-8(2)9-3-5-10(6-4-9)11(7-15)12(13)14/h8-12H,3-7,15H2,1-2H3. The highest BCUT2D eigenvalue weighted by Gasteiger charge is 2.32. The zero-order valence-corrected chi connectivity index (χ0v) is 9.76. The van der Waals surface area contributed by atoms with E-state index in [1.165, 1.54) is 0 Å². The van der Waals surface area contributed by atoms with Crippen LogP contribution in [0.5, 0.6) is 0 Å². The van der Waals surface area contributed by atoms with Crippen LogP contribution in [0.15, 0.2) is 0 Å². The fourth-order valence-corrected chi connectivity index (χ4v) is 2.74. The van der Waals surface area contributed by atoms with Crippen LogP contribution in [-0.4, -0.2) is 13.0 Å². The van der Waals surface area contributed by atoms with E-state index in [4.69, 9.17) is 5.73 Å². The summed E-state index contributed by atoms with van der Waals surface area (Å²) in [5.41, 5.74) is 5.42. The second kappa shape index (κ2) is 5.78. The topological polar surface area (TPSA) is 26.0 Å². The maximum atomic E-state index is 12.7. The molecule has 0 spiro atoms. The molecule has 0 aliphatic heterocycles. The molecule has 0 radical (unpaired) electrons. The number of hydrogen-bond donors (Lipinski definition) is 1. The minimum absolute atomic E-state index is 0.134. The van der Waals surface area contributed by atoms with Crippen LogP contribution in [0, 0.1) is 23.7 Å². The van der Waals surface area contributed by atoms with Gasteiger partial charge in [-0.15, -0.1) is 0 Å². The molecule has 1 aliphatic rings. The van der Waals surface area contributed by atoms with Crippen LogP contribution in [0.3, 0.4) is 0 Å². The van der Waals surface area contributed by atoms with Crippen LogP contribution in [0.4, 0.5) is 8.78 Å². The van der Waals surface area contributed by atoms with Crippen molar-refractivity contribution in [2.24, 2.45) is 29.4 Å². The summed E-state index contributed by atoms with van der Waals surface area (Å²) in [5, 5.41) is 0. The molecule has 1 saturated carbocycles. The molecule has 0 saturated heterocycles. The first-order valence-electron chi connectivity index (χ1n) is 6.04. The Morgan fingerprint density at radius 3 is 1.87 bits per heavy atom. The van der Waals surface area contributed by atoms with Crippen molar-refractivity contribution in [3.63, 3.8) is 0 Å². The molecule has 1 aliphatic carbocycles. The second-order valence-electron chi connectivity index (χ2n) is 5.15. The molecular formula is C12H23F2N. The molecule has 0 aromatic carbocycles. The van der Waals surface area contributed by atoms with E-state index in [-0.39, 0.29) is 12.5 Å². The first-order valence-corrected chi connectivity index (χ1v) is 6.04. The quantitative estimate of drug-likeness (QED) is 0.771. The zero-order chi connectivity index (χ0) is 11.4. The lowest BCUT2D eigenvalue weighted by Crippen LogP contribution is -2.33. The van der Waals surface area contributed by atoms with Gasteiger partial charge in [0.2, 0.25) is 6.43 Å². The first-order chi connectivity index (χ1) is 7.06. The fourth-order valence-electron chi connectivity index (χ4n) is 2.74. The summed E-state index contributed by atoms with van der Waals surface area (Å²) in [6, 6.07) is 0. The van der Waals surface area contributed by atoms with Gasteiger partial charge in [0.15, 0.2) is 0 Å². The van der Waals surface area contributed by atoms with Gasteiger partial charge in [-0.25, -0.2) is 8.78 Å². The summed E-state index contributed by atoms with van der Waals surface area (Å²) in [6.45, 7) is 4.58. The van der Waals surface area contributed by atoms with E-state index in [0.717, 1.165) is 31.6 Å². The summed E-state index contributed by atoms with van der Waals surface area (Å²) in [4.78, 5) is 0. The van der Waals surface area contributed by atoms with E-state index in [1.807, 2.05) is 0 Å². The lowest BCUT2D eigenvalue weighted by molar-refractivity contribution is 0.0282. The van der Waals surface area contributed by atoms with Crippen molar-refractivity contribution in [3.05, 3.63) is 0 Å². The van der Waals surface area contributed by atoms with Crippen LogP contribution in [0.1, 0.15) is 39.5 Å². The highest BCUT2D eigenvalue weighted by Crippen LogP contribution is 2.38. The predicted molar refractivity (Wildman–Crippen MR) is 58.8 cm³/mol. The summed E-state index contributed by atoms with van der Waals surface area (Å²) in [6.07, 6.45) is 1.84. The number of rotatable bonds is 4. The Hall–Kier alpha value is -0.180. The number of halogens is 2. The van der Waals surface area contributed by atoms with Crippen molar-refractivity contribution in [1.82, 2.24) is 0 Å². The number of nitrogens with two attached hydrogens (primary N) is 1. The molecule has 0 bridgehead atoms. The van der Waals surface area contributed by atoms with E-state index in [0.29, 0.717) is 5.92 Å². The monoisotopic (exact) mass is 219 g/mol. The largest absolute Gasteiger partial charge is 0.330 e. The Balaban J connectivity index is 2.42. The van der Waals surface area contributed by atoms with Gasteiger partial charge in [-0.3, -0.25) is 0 Å². The molecule has 15 heavy (non-hydrogen) atoms. The van der Waals surface area contributed by atoms with Gasteiger partial charge in [-0.2, -0.15) is 0 Å². The Labute approximate surface area is 91.4 Å². The van der Waals surface area contributed by atoms with Crippen LogP contribution in [0.2, 0.25) is 0 Å². The van der Waals surface area contributed by atoms with Crippen molar-refractivity contribution in [2.75, 3.05) is 6.54 Å². The molecule has 1 unspecified atom stereocenters. The normalized spacial score (nSPS) is 29.8. The fraction of sp³-hybridized carbons (Fsp3) is 1.00. The van der Waals surface area contributed by atoms with Crippen LogP contribution < -0.4 is 5.73 Å². The number of hydrogen-bond acceptors (Lipinski definition) is 1. The highest BCUT2D eigenvalue weighted by atomic mass is 19.3. The van der Waals surface area contributed by atoms with Crippen molar-refractivity contribution in [2.45, 2.75) is 46.0 Å². The molecule has 90 valence electrons. The Kier molecular flexibility index (Phi) is 4.97. The smallest absolute Gasteiger partial charge is 0.242 e. The second-order valence-corrected chi connectivity index (χ2v) is 5.15. The van der Waals surface area contributed by atoms with Crippen molar-refractivity contribution in [1.29, 1.82) is 0 Å². The summed E-state index contributed by atoms with van der Waals surface area (Å²) in [7, 11) is 0. The molecule has 0 aromatic heterocycles. The molecule has 1 atom stereocenters. The van der Waals surface area contributed by atoms with E-state index >= 15 is 0 Å². The van der Waals surface area contributed by atoms with Gasteiger partial charge in [-0.05, 0) is 43.4 Å². The molecular weight excluding hydrogens is 196 g/mol. The van der Waals surface area contributed by atoms with E-state index in [9.17, 15) is 8.78 Å². The summed E-state index contributed by atoms with van der Waals surface area (Å²) in [5.74, 6) is 1.01. The first kappa shape index (κ1) is 12.9. The minimum Gasteiger partial charge on any atom is -0.330 e. The molecule has 3 heteroatoms. The summed E-state index contributed by atoms with van der Waals surface area (Å²) < 4.78 is 25.3. The van der Waals surface area contributed by atoms with E-state index in [2.05, 4.69) is 13.8 Å². The van der Waals surface area contributed by atoms with Crippen LogP contribution in [0.25, 0.3) is 0 Å². The van der Waals surface area contributed by atoms with Gasteiger partial charge in [-0.1, -0.05) is 13.8 Å². The van der Waals surface area contributed by atoms with Gasteiger partial charge < -0.3 is 5.73 Å². The lowest BCUT2D eigenvalue weighted by atomic mass is 9.72. The molecule has 1 fully saturated rings. The third-order valence-electron chi connectivity index (χ3n) is 3.96. The van der Waals surface area contributed by atoms with Gasteiger partial charge in [0.1, 0.15) is 0 Å². The van der Waals surface area contributed by atoms with Crippen molar-refractivity contribution < 1.29 is 8.78 Å². The third kappa shape index (κ3) is 3.40. The van der Waals surface area contributed by atoms with Crippen molar-refractivity contribution in [3.8, 4) is 0 Å².